The minimum atomic E-state index is -4.49. The lowest BCUT2D eigenvalue weighted by Gasteiger charge is -2.12. The van der Waals surface area contributed by atoms with Crippen LogP contribution in [0.5, 0.6) is 0 Å². The molecule has 3 nitrogen and oxygen atoms in total. The molecule has 0 saturated carbocycles. The van der Waals surface area contributed by atoms with Crippen molar-refractivity contribution in [3.05, 3.63) is 53.7 Å². The van der Waals surface area contributed by atoms with E-state index >= 15 is 0 Å². The summed E-state index contributed by atoms with van der Waals surface area (Å²) in [5.74, 6) is -0.709. The molecule has 0 unspecified atom stereocenters. The molecule has 0 amide bonds. The van der Waals surface area contributed by atoms with Gasteiger partial charge in [-0.1, -0.05) is 6.07 Å². The van der Waals surface area contributed by atoms with Crippen LogP contribution in [0.1, 0.15) is 15.9 Å². The first-order valence-corrected chi connectivity index (χ1v) is 5.64. The van der Waals surface area contributed by atoms with E-state index < -0.39 is 17.7 Å². The zero-order valence-electron chi connectivity index (χ0n) is 10.4. The van der Waals surface area contributed by atoms with E-state index in [9.17, 15) is 18.0 Å². The number of ether oxygens (including phenoxy) is 1. The van der Waals surface area contributed by atoms with E-state index in [1.807, 2.05) is 0 Å². The molecule has 0 bridgehead atoms. The first kappa shape index (κ1) is 14.0. The number of methoxy groups -OCH3 is 1. The molecule has 0 radical (unpaired) electrons. The van der Waals surface area contributed by atoms with Gasteiger partial charge in [0.1, 0.15) is 0 Å². The smallest absolute Gasteiger partial charge is 0.416 e. The molecule has 1 aromatic carbocycles. The summed E-state index contributed by atoms with van der Waals surface area (Å²) >= 11 is 0. The lowest BCUT2D eigenvalue weighted by molar-refractivity contribution is -0.137. The van der Waals surface area contributed by atoms with Crippen molar-refractivity contribution >= 4 is 5.97 Å². The Kier molecular flexibility index (Phi) is 3.74. The second-order valence-electron chi connectivity index (χ2n) is 3.96. The van der Waals surface area contributed by atoms with Crippen LogP contribution in [-0.2, 0) is 10.9 Å². The highest BCUT2D eigenvalue weighted by Crippen LogP contribution is 2.33. The molecule has 0 saturated heterocycles. The molecular weight excluding hydrogens is 271 g/mol. The van der Waals surface area contributed by atoms with Crippen LogP contribution in [0.3, 0.4) is 0 Å². The number of esters is 1. The third kappa shape index (κ3) is 2.79. The van der Waals surface area contributed by atoms with Gasteiger partial charge in [-0.2, -0.15) is 13.2 Å². The minimum Gasteiger partial charge on any atom is -0.465 e. The Morgan fingerprint density at radius 1 is 1.20 bits per heavy atom. The number of benzene rings is 1. The van der Waals surface area contributed by atoms with Gasteiger partial charge >= 0.3 is 12.1 Å². The van der Waals surface area contributed by atoms with Crippen molar-refractivity contribution in [2.75, 3.05) is 7.11 Å². The molecule has 0 atom stereocenters. The average Bonchev–Trinajstić information content (AvgIpc) is 2.46. The molecular formula is C14H10F3NO2. The molecule has 0 spiro atoms. The largest absolute Gasteiger partial charge is 0.465 e. The number of nitrogens with zero attached hydrogens (tertiary/aromatic N) is 1. The van der Waals surface area contributed by atoms with Gasteiger partial charge in [0.2, 0.25) is 0 Å². The first-order chi connectivity index (χ1) is 9.43. The summed E-state index contributed by atoms with van der Waals surface area (Å²) in [5.41, 5.74) is -0.434. The zero-order chi connectivity index (χ0) is 14.8. The maximum Gasteiger partial charge on any atom is 0.416 e. The summed E-state index contributed by atoms with van der Waals surface area (Å²) in [6.45, 7) is 0. The highest BCUT2D eigenvalue weighted by molar-refractivity contribution is 5.96. The third-order valence-corrected chi connectivity index (χ3v) is 2.69. The standard InChI is InChI=1S/C14H10F3NO2/c1-20-13(19)10-6-5-9(14(15,16)17)8-11(10)12-4-2-3-7-18-12/h2-8H,1H3. The van der Waals surface area contributed by atoms with Crippen LogP contribution in [0.4, 0.5) is 13.2 Å². The summed E-state index contributed by atoms with van der Waals surface area (Å²) in [6, 6.07) is 7.63. The maximum atomic E-state index is 12.8. The monoisotopic (exact) mass is 281 g/mol. The Labute approximate surface area is 113 Å². The van der Waals surface area contributed by atoms with Crippen LogP contribution in [0.15, 0.2) is 42.6 Å². The Morgan fingerprint density at radius 2 is 1.95 bits per heavy atom. The first-order valence-electron chi connectivity index (χ1n) is 5.64. The van der Waals surface area contributed by atoms with E-state index in [1.165, 1.54) is 19.4 Å². The predicted molar refractivity (Wildman–Crippen MR) is 66.0 cm³/mol. The van der Waals surface area contributed by atoms with Gasteiger partial charge in [-0.25, -0.2) is 4.79 Å². The SMILES string of the molecule is COC(=O)c1ccc(C(F)(F)F)cc1-c1ccccn1. The molecule has 0 aliphatic rings. The quantitative estimate of drug-likeness (QED) is 0.790. The molecule has 6 heteroatoms. The fraction of sp³-hybridized carbons (Fsp3) is 0.143. The van der Waals surface area contributed by atoms with Gasteiger partial charge in [0.15, 0.2) is 0 Å². The Balaban J connectivity index is 2.64. The fourth-order valence-corrected chi connectivity index (χ4v) is 1.74. The van der Waals surface area contributed by atoms with Gasteiger partial charge < -0.3 is 4.74 Å². The normalized spacial score (nSPS) is 11.2. The van der Waals surface area contributed by atoms with Gasteiger partial charge in [-0.05, 0) is 30.3 Å². The number of hydrogen-bond acceptors (Lipinski definition) is 3. The summed E-state index contributed by atoms with van der Waals surface area (Å²) in [4.78, 5) is 15.6. The summed E-state index contributed by atoms with van der Waals surface area (Å²) in [5, 5.41) is 0. The predicted octanol–water partition coefficient (Wildman–Crippen LogP) is 3.55. The second kappa shape index (κ2) is 5.32. The molecule has 0 fully saturated rings. The highest BCUT2D eigenvalue weighted by Gasteiger charge is 2.32. The molecule has 2 rings (SSSR count). The lowest BCUT2D eigenvalue weighted by atomic mass is 10.0. The molecule has 20 heavy (non-hydrogen) atoms. The highest BCUT2D eigenvalue weighted by atomic mass is 19.4. The number of hydrogen-bond donors (Lipinski definition) is 0. The molecule has 1 heterocycles. The van der Waals surface area contributed by atoms with Crippen LogP contribution < -0.4 is 0 Å². The van der Waals surface area contributed by atoms with Crippen molar-refractivity contribution in [1.82, 2.24) is 4.98 Å². The molecule has 1 aromatic heterocycles. The van der Waals surface area contributed by atoms with Gasteiger partial charge in [0.05, 0.1) is 23.9 Å². The Morgan fingerprint density at radius 3 is 2.50 bits per heavy atom. The van der Waals surface area contributed by atoms with E-state index in [0.717, 1.165) is 18.2 Å². The number of alkyl halides is 3. The fourth-order valence-electron chi connectivity index (χ4n) is 1.74. The van der Waals surface area contributed by atoms with Gasteiger partial charge in [0, 0.05) is 11.8 Å². The summed E-state index contributed by atoms with van der Waals surface area (Å²) in [7, 11) is 1.17. The molecule has 0 aliphatic heterocycles. The van der Waals surface area contributed by atoms with Gasteiger partial charge in [-0.15, -0.1) is 0 Å². The van der Waals surface area contributed by atoms with Gasteiger partial charge in [0.25, 0.3) is 0 Å². The van der Waals surface area contributed by atoms with Crippen molar-refractivity contribution in [3.63, 3.8) is 0 Å². The van der Waals surface area contributed by atoms with Crippen LogP contribution in [0.2, 0.25) is 0 Å². The van der Waals surface area contributed by atoms with Gasteiger partial charge in [-0.3, -0.25) is 4.98 Å². The van der Waals surface area contributed by atoms with Crippen LogP contribution >= 0.6 is 0 Å². The zero-order valence-corrected chi connectivity index (χ0v) is 10.4. The van der Waals surface area contributed by atoms with Crippen molar-refractivity contribution in [1.29, 1.82) is 0 Å². The molecule has 2 aromatic rings. The molecule has 0 aliphatic carbocycles. The minimum absolute atomic E-state index is 0.0409. The van der Waals surface area contributed by atoms with Crippen LogP contribution in [-0.4, -0.2) is 18.1 Å². The van der Waals surface area contributed by atoms with Crippen LogP contribution in [0.25, 0.3) is 11.3 Å². The van der Waals surface area contributed by atoms with Crippen molar-refractivity contribution in [3.8, 4) is 11.3 Å². The van der Waals surface area contributed by atoms with Crippen molar-refractivity contribution in [2.45, 2.75) is 6.18 Å². The third-order valence-electron chi connectivity index (χ3n) is 2.69. The summed E-state index contributed by atoms with van der Waals surface area (Å²) < 4.78 is 42.9. The number of pyridine rings is 1. The molecule has 104 valence electrons. The van der Waals surface area contributed by atoms with Crippen molar-refractivity contribution in [2.24, 2.45) is 0 Å². The van der Waals surface area contributed by atoms with E-state index in [1.54, 1.807) is 12.1 Å². The van der Waals surface area contributed by atoms with Crippen LogP contribution in [0, 0.1) is 0 Å². The number of carbonyl (C=O) groups excluding carboxylic acids is 1. The van der Waals surface area contributed by atoms with Crippen molar-refractivity contribution < 1.29 is 22.7 Å². The van der Waals surface area contributed by atoms with E-state index in [2.05, 4.69) is 9.72 Å². The number of aromatic nitrogens is 1. The van der Waals surface area contributed by atoms with E-state index in [-0.39, 0.29) is 16.8 Å². The number of carbonyl (C=O) groups is 1. The molecule has 0 N–H and O–H groups in total. The Hall–Kier alpha value is -2.37. The Bertz CT molecular complexity index is 624. The summed E-state index contributed by atoms with van der Waals surface area (Å²) in [6.07, 6.45) is -3.05. The lowest BCUT2D eigenvalue weighted by Crippen LogP contribution is -2.09. The topological polar surface area (TPSA) is 39.2 Å². The number of halogens is 3. The number of rotatable bonds is 2. The second-order valence-corrected chi connectivity index (χ2v) is 3.96. The maximum absolute atomic E-state index is 12.8. The van der Waals surface area contributed by atoms with E-state index in [0.29, 0.717) is 0 Å². The van der Waals surface area contributed by atoms with E-state index in [4.69, 9.17) is 0 Å². The average molecular weight is 281 g/mol.